The number of hydrogen-bond donors (Lipinski definition) is 1. The molecule has 0 rings (SSSR count). The van der Waals surface area contributed by atoms with Crippen LogP contribution in [0.15, 0.2) is 0 Å². The molecule has 21 heavy (non-hydrogen) atoms. The molecular weight excluding hydrogens is 278 g/mol. The van der Waals surface area contributed by atoms with Gasteiger partial charge in [-0.3, -0.25) is 4.79 Å². The third-order valence-electron chi connectivity index (χ3n) is 2.20. The first-order valence-electron chi connectivity index (χ1n) is 7.01. The second-order valence-electron chi connectivity index (χ2n) is 5.29. The molecule has 0 spiro atoms. The van der Waals surface area contributed by atoms with Crippen LogP contribution in [0.4, 0.5) is 4.79 Å². The van der Waals surface area contributed by atoms with E-state index in [1.807, 2.05) is 0 Å². The summed E-state index contributed by atoms with van der Waals surface area (Å²) in [7, 11) is 0. The Balaban J connectivity index is 0. The van der Waals surface area contributed by atoms with Crippen LogP contribution in [0.5, 0.6) is 0 Å². The van der Waals surface area contributed by atoms with Gasteiger partial charge in [-0.15, -0.1) is 0 Å². The number of alkyl carbamates (subject to hydrolysis) is 1. The summed E-state index contributed by atoms with van der Waals surface area (Å²) in [6, 6.07) is -0.941. The van der Waals surface area contributed by atoms with Gasteiger partial charge in [-0.05, 0) is 41.0 Å². The minimum Gasteiger partial charge on any atom is -0.466 e. The summed E-state index contributed by atoms with van der Waals surface area (Å²) in [5.41, 5.74) is -0.676. The van der Waals surface area contributed by atoms with Crippen molar-refractivity contribution in [3.8, 4) is 0 Å². The lowest BCUT2D eigenvalue weighted by atomic mass is 10.1. The Morgan fingerprint density at radius 3 is 2.14 bits per heavy atom. The minimum absolute atomic E-state index is 0. The van der Waals surface area contributed by atoms with Gasteiger partial charge in [0.15, 0.2) is 0 Å². The third-order valence-corrected chi connectivity index (χ3v) is 2.20. The zero-order valence-electron chi connectivity index (χ0n) is 13.4. The largest absolute Gasteiger partial charge is 0.466 e. The second kappa shape index (κ2) is 9.20. The topological polar surface area (TPSA) is 90.9 Å². The van der Waals surface area contributed by atoms with E-state index in [0.717, 1.165) is 0 Å². The van der Waals surface area contributed by atoms with Crippen LogP contribution in [0.3, 0.4) is 0 Å². The first-order chi connectivity index (χ1) is 9.69. The van der Waals surface area contributed by atoms with Crippen molar-refractivity contribution in [2.75, 3.05) is 13.2 Å². The monoisotopic (exact) mass is 305 g/mol. The van der Waals surface area contributed by atoms with Crippen molar-refractivity contribution in [1.29, 1.82) is 0 Å². The summed E-state index contributed by atoms with van der Waals surface area (Å²) in [6.45, 7) is 8.94. The smallest absolute Gasteiger partial charge is 0.408 e. The van der Waals surface area contributed by atoms with E-state index >= 15 is 0 Å². The van der Waals surface area contributed by atoms with Gasteiger partial charge in [0.05, 0.1) is 13.2 Å². The van der Waals surface area contributed by atoms with E-state index < -0.39 is 29.7 Å². The third kappa shape index (κ3) is 9.70. The van der Waals surface area contributed by atoms with Crippen LogP contribution in [-0.4, -0.2) is 42.9 Å². The van der Waals surface area contributed by atoms with Crippen LogP contribution in [0.2, 0.25) is 0 Å². The van der Waals surface area contributed by atoms with Crippen molar-refractivity contribution in [3.05, 3.63) is 0 Å². The number of amides is 1. The van der Waals surface area contributed by atoms with E-state index in [-0.39, 0.29) is 27.5 Å². The van der Waals surface area contributed by atoms with Gasteiger partial charge in [-0.2, -0.15) is 0 Å². The average Bonchev–Trinajstić information content (AvgIpc) is 2.32. The van der Waals surface area contributed by atoms with Crippen LogP contribution in [0.1, 0.15) is 48.9 Å². The molecule has 7 heteroatoms. The Bertz CT molecular complexity index is 367. The van der Waals surface area contributed by atoms with E-state index in [9.17, 15) is 14.4 Å². The summed E-state index contributed by atoms with van der Waals surface area (Å²) in [6.07, 6.45) is -0.631. The maximum atomic E-state index is 11.8. The van der Waals surface area contributed by atoms with Crippen molar-refractivity contribution < 1.29 is 30.0 Å². The van der Waals surface area contributed by atoms with Crippen molar-refractivity contribution in [2.24, 2.45) is 0 Å². The highest BCUT2D eigenvalue weighted by Gasteiger charge is 2.26. The highest BCUT2D eigenvalue weighted by atomic mass is 16.6. The van der Waals surface area contributed by atoms with Gasteiger partial charge in [-0.1, -0.05) is 0 Å². The van der Waals surface area contributed by atoms with E-state index in [4.69, 9.17) is 14.2 Å². The van der Waals surface area contributed by atoms with Crippen LogP contribution >= 0.6 is 0 Å². The molecule has 0 heterocycles. The number of nitrogens with one attached hydrogen (secondary N) is 1. The molecule has 0 aromatic rings. The Labute approximate surface area is 126 Å². The lowest BCUT2D eigenvalue weighted by Crippen LogP contribution is -2.44. The molecule has 0 saturated heterocycles. The average molecular weight is 305 g/mol. The fourth-order valence-corrected chi connectivity index (χ4v) is 1.44. The summed E-state index contributed by atoms with van der Waals surface area (Å²) in [4.78, 5) is 34.8. The van der Waals surface area contributed by atoms with E-state index in [0.29, 0.717) is 0 Å². The molecule has 0 bridgehead atoms. The Kier molecular flexibility index (Phi) is 8.42. The molecule has 0 saturated carbocycles. The highest BCUT2D eigenvalue weighted by Crippen LogP contribution is 2.08. The summed E-state index contributed by atoms with van der Waals surface area (Å²) >= 11 is 0. The molecule has 124 valence electrons. The van der Waals surface area contributed by atoms with Gasteiger partial charge in [-0.25, -0.2) is 9.59 Å². The normalized spacial score (nSPS) is 12.2. The molecule has 1 N–H and O–H groups in total. The lowest BCUT2D eigenvalue weighted by Gasteiger charge is -2.22. The van der Waals surface area contributed by atoms with Crippen molar-refractivity contribution in [1.82, 2.24) is 5.32 Å². The summed E-state index contributed by atoms with van der Waals surface area (Å²) in [5, 5.41) is 2.41. The Morgan fingerprint density at radius 2 is 1.67 bits per heavy atom. The van der Waals surface area contributed by atoms with E-state index in [1.165, 1.54) is 0 Å². The molecule has 0 unspecified atom stereocenters. The molecule has 0 aromatic heterocycles. The molecule has 0 aliphatic rings. The first kappa shape index (κ1) is 19.2. The molecule has 1 atom stereocenters. The lowest BCUT2D eigenvalue weighted by molar-refractivity contribution is -0.147. The maximum absolute atomic E-state index is 11.8. The van der Waals surface area contributed by atoms with Crippen LogP contribution < -0.4 is 5.32 Å². The first-order valence-corrected chi connectivity index (χ1v) is 7.01. The number of rotatable bonds is 7. The van der Waals surface area contributed by atoms with Gasteiger partial charge in [0, 0.05) is 7.85 Å². The zero-order chi connectivity index (χ0) is 16.5. The minimum atomic E-state index is -0.941. The fraction of sp³-hybridized carbons (Fsp3) is 0.786. The van der Waals surface area contributed by atoms with Gasteiger partial charge < -0.3 is 19.5 Å². The van der Waals surface area contributed by atoms with Crippen LogP contribution in [0.25, 0.3) is 0 Å². The fourth-order valence-electron chi connectivity index (χ4n) is 1.44. The number of esters is 2. The number of carbonyl (C=O) groups is 3. The van der Waals surface area contributed by atoms with Gasteiger partial charge in [0.2, 0.25) is 0 Å². The molecule has 0 aliphatic carbocycles. The predicted molar refractivity (Wildman–Crippen MR) is 77.8 cm³/mol. The van der Waals surface area contributed by atoms with Gasteiger partial charge >= 0.3 is 18.0 Å². The Morgan fingerprint density at radius 1 is 1.10 bits per heavy atom. The predicted octanol–water partition coefficient (Wildman–Crippen LogP) is 2.03. The van der Waals surface area contributed by atoms with Crippen molar-refractivity contribution >= 4 is 18.0 Å². The standard InChI is InChI=1S/C14H25NO6.H2/c1-6-19-11(16)9-8-10(12(17)20-7-2)15-13(18)21-14(3,4)5;/h10H,6-9H2,1-5H3,(H,15,18);1H/t10-;/m0./s1. The quantitative estimate of drug-likeness (QED) is 0.571. The molecular formula is C14H27NO6. The molecule has 0 aromatic carbocycles. The Hall–Kier alpha value is -1.79. The number of ether oxygens (including phenoxy) is 3. The van der Waals surface area contributed by atoms with E-state index in [2.05, 4.69) is 5.32 Å². The zero-order valence-corrected chi connectivity index (χ0v) is 13.4. The number of carbonyl (C=O) groups excluding carboxylic acids is 3. The second-order valence-corrected chi connectivity index (χ2v) is 5.29. The van der Waals surface area contributed by atoms with Gasteiger partial charge in [0.1, 0.15) is 11.6 Å². The highest BCUT2D eigenvalue weighted by molar-refractivity contribution is 5.82. The van der Waals surface area contributed by atoms with Crippen LogP contribution in [-0.2, 0) is 23.8 Å². The summed E-state index contributed by atoms with van der Waals surface area (Å²) < 4.78 is 14.7. The SMILES string of the molecule is CCOC(=O)CC[C@H](NC(=O)OC(C)(C)C)C(=O)OCC.[HH]. The molecule has 0 radical (unpaired) electrons. The molecule has 0 fully saturated rings. The molecule has 1 amide bonds. The molecule has 0 aliphatic heterocycles. The van der Waals surface area contributed by atoms with E-state index in [1.54, 1.807) is 34.6 Å². The maximum Gasteiger partial charge on any atom is 0.408 e. The molecule has 7 nitrogen and oxygen atoms in total. The van der Waals surface area contributed by atoms with Crippen LogP contribution in [0, 0.1) is 0 Å². The summed E-state index contributed by atoms with van der Waals surface area (Å²) in [5.74, 6) is -1.04. The number of hydrogen-bond acceptors (Lipinski definition) is 6. The van der Waals surface area contributed by atoms with Crippen molar-refractivity contribution in [3.63, 3.8) is 0 Å². The van der Waals surface area contributed by atoms with Crippen molar-refractivity contribution in [2.45, 2.75) is 59.1 Å². The van der Waals surface area contributed by atoms with Gasteiger partial charge in [0.25, 0.3) is 0 Å².